The second kappa shape index (κ2) is 10.5. The first kappa shape index (κ1) is 25.9. The van der Waals surface area contributed by atoms with Crippen LogP contribution in [0.3, 0.4) is 0 Å². The first-order valence-electron chi connectivity index (χ1n) is 13.1. The summed E-state index contributed by atoms with van der Waals surface area (Å²) in [5, 5.41) is 8.53. The second-order valence-corrected chi connectivity index (χ2v) is 11.3. The Bertz CT molecular complexity index is 1380. The molecule has 0 atom stereocenters. The fourth-order valence-corrected chi connectivity index (χ4v) is 4.58. The van der Waals surface area contributed by atoms with Crippen LogP contribution in [0.25, 0.3) is 34.3 Å². The molecule has 38 heavy (non-hydrogen) atoms. The SMILES string of the molecule is CC(C)Cc1c(-c2nc(-c3ccc(CN4CC(C(=O)OC(C)(C)C)C4)cc3)no2)noc1-c1ccccc1. The molecule has 2 aromatic carbocycles. The van der Waals surface area contributed by atoms with Crippen LogP contribution in [0.5, 0.6) is 0 Å². The van der Waals surface area contributed by atoms with E-state index in [4.69, 9.17) is 13.8 Å². The van der Waals surface area contributed by atoms with Gasteiger partial charge in [-0.3, -0.25) is 9.69 Å². The van der Waals surface area contributed by atoms with Crippen LogP contribution in [0, 0.1) is 11.8 Å². The molecule has 0 spiro atoms. The highest BCUT2D eigenvalue weighted by atomic mass is 16.6. The van der Waals surface area contributed by atoms with Crippen LogP contribution in [-0.2, 0) is 22.5 Å². The van der Waals surface area contributed by atoms with Crippen LogP contribution in [0.1, 0.15) is 45.7 Å². The molecule has 0 bridgehead atoms. The fourth-order valence-electron chi connectivity index (χ4n) is 4.58. The summed E-state index contributed by atoms with van der Waals surface area (Å²) >= 11 is 0. The molecule has 8 nitrogen and oxygen atoms in total. The third kappa shape index (κ3) is 5.86. The van der Waals surface area contributed by atoms with Crippen molar-refractivity contribution in [3.63, 3.8) is 0 Å². The van der Waals surface area contributed by atoms with Crippen LogP contribution in [0.2, 0.25) is 0 Å². The van der Waals surface area contributed by atoms with Crippen molar-refractivity contribution in [1.29, 1.82) is 0 Å². The van der Waals surface area contributed by atoms with E-state index in [1.807, 2.05) is 63.2 Å². The highest BCUT2D eigenvalue weighted by Gasteiger charge is 2.35. The average Bonchev–Trinajstić information content (AvgIpc) is 3.48. The third-order valence-corrected chi connectivity index (χ3v) is 6.38. The van der Waals surface area contributed by atoms with Crippen LogP contribution in [0.15, 0.2) is 63.6 Å². The van der Waals surface area contributed by atoms with Gasteiger partial charge in [-0.2, -0.15) is 4.98 Å². The Labute approximate surface area is 223 Å². The van der Waals surface area contributed by atoms with Gasteiger partial charge in [-0.1, -0.05) is 78.8 Å². The lowest BCUT2D eigenvalue weighted by molar-refractivity contribution is -0.166. The predicted molar refractivity (Wildman–Crippen MR) is 144 cm³/mol. The standard InChI is InChI=1S/C30H34N4O4/c1-19(2)15-24-25(32-37-26(24)21-9-7-6-8-10-21)28-31-27(33-38-28)22-13-11-20(12-14-22)16-34-17-23(18-34)29(35)36-30(3,4)5/h6-14,19,23H,15-18H2,1-5H3. The zero-order valence-electron chi connectivity index (χ0n) is 22.6. The molecular formula is C30H34N4O4. The molecule has 4 aromatic rings. The summed E-state index contributed by atoms with van der Waals surface area (Å²) in [4.78, 5) is 19.1. The first-order chi connectivity index (χ1) is 18.2. The van der Waals surface area contributed by atoms with Gasteiger partial charge in [0, 0.05) is 36.3 Å². The van der Waals surface area contributed by atoms with Crippen molar-refractivity contribution >= 4 is 5.97 Å². The molecule has 1 fully saturated rings. The minimum absolute atomic E-state index is 0.0502. The number of hydrogen-bond donors (Lipinski definition) is 0. The minimum Gasteiger partial charge on any atom is -0.460 e. The topological polar surface area (TPSA) is 94.5 Å². The van der Waals surface area contributed by atoms with Crippen molar-refractivity contribution in [2.75, 3.05) is 13.1 Å². The number of carbonyl (C=O) groups excluding carboxylic acids is 1. The van der Waals surface area contributed by atoms with Crippen molar-refractivity contribution in [3.8, 4) is 34.3 Å². The Morgan fingerprint density at radius 1 is 1.00 bits per heavy atom. The molecule has 1 aliphatic rings. The van der Waals surface area contributed by atoms with Gasteiger partial charge in [0.25, 0.3) is 5.89 Å². The number of carbonyl (C=O) groups is 1. The summed E-state index contributed by atoms with van der Waals surface area (Å²) in [5.41, 5.74) is 4.09. The highest BCUT2D eigenvalue weighted by Crippen LogP contribution is 2.34. The molecule has 0 amide bonds. The first-order valence-corrected chi connectivity index (χ1v) is 13.1. The molecular weight excluding hydrogens is 480 g/mol. The Kier molecular flexibility index (Phi) is 7.17. The summed E-state index contributed by atoms with van der Waals surface area (Å²) < 4.78 is 16.9. The van der Waals surface area contributed by atoms with Crippen molar-refractivity contribution in [1.82, 2.24) is 20.2 Å². The molecule has 0 saturated carbocycles. The quantitative estimate of drug-likeness (QED) is 0.263. The lowest BCUT2D eigenvalue weighted by Crippen LogP contribution is -2.51. The highest BCUT2D eigenvalue weighted by molar-refractivity contribution is 5.74. The average molecular weight is 515 g/mol. The van der Waals surface area contributed by atoms with Crippen molar-refractivity contribution in [2.24, 2.45) is 11.8 Å². The van der Waals surface area contributed by atoms with Crippen LogP contribution in [-0.4, -0.2) is 44.9 Å². The molecule has 1 aliphatic heterocycles. The molecule has 0 unspecified atom stereocenters. The van der Waals surface area contributed by atoms with Crippen molar-refractivity contribution < 1.29 is 18.6 Å². The lowest BCUT2D eigenvalue weighted by atomic mass is 9.98. The molecule has 2 aromatic heterocycles. The molecule has 0 aliphatic carbocycles. The van der Waals surface area contributed by atoms with Gasteiger partial charge >= 0.3 is 5.97 Å². The predicted octanol–water partition coefficient (Wildman–Crippen LogP) is 6.03. The minimum atomic E-state index is -0.448. The molecule has 0 N–H and O–H groups in total. The molecule has 5 rings (SSSR count). The van der Waals surface area contributed by atoms with Crippen LogP contribution >= 0.6 is 0 Å². The maximum Gasteiger partial charge on any atom is 0.312 e. The van der Waals surface area contributed by atoms with Gasteiger partial charge in [-0.25, -0.2) is 0 Å². The van der Waals surface area contributed by atoms with Gasteiger partial charge in [-0.05, 0) is 38.7 Å². The summed E-state index contributed by atoms with van der Waals surface area (Å²) in [5.74, 6) is 1.82. The largest absolute Gasteiger partial charge is 0.460 e. The van der Waals surface area contributed by atoms with Crippen molar-refractivity contribution in [2.45, 2.75) is 53.2 Å². The zero-order chi connectivity index (χ0) is 26.9. The number of aromatic nitrogens is 3. The Morgan fingerprint density at radius 3 is 2.37 bits per heavy atom. The van der Waals surface area contributed by atoms with Gasteiger partial charge in [0.2, 0.25) is 5.82 Å². The summed E-state index contributed by atoms with van der Waals surface area (Å²) in [6, 6.07) is 18.0. The number of rotatable bonds is 8. The van der Waals surface area contributed by atoms with Crippen LogP contribution < -0.4 is 0 Å². The Balaban J connectivity index is 1.26. The van der Waals surface area contributed by atoms with E-state index in [1.54, 1.807) is 0 Å². The number of benzene rings is 2. The lowest BCUT2D eigenvalue weighted by Gasteiger charge is -2.38. The van der Waals surface area contributed by atoms with Crippen molar-refractivity contribution in [3.05, 3.63) is 65.7 Å². The number of hydrogen-bond acceptors (Lipinski definition) is 8. The molecule has 1 saturated heterocycles. The normalized spacial score (nSPS) is 14.6. The van der Waals surface area contributed by atoms with E-state index < -0.39 is 5.60 Å². The van der Waals surface area contributed by atoms with Gasteiger partial charge in [0.1, 0.15) is 5.60 Å². The van der Waals surface area contributed by atoms with Gasteiger partial charge < -0.3 is 13.8 Å². The molecule has 8 heteroatoms. The van der Waals surface area contributed by atoms with Gasteiger partial charge in [-0.15, -0.1) is 0 Å². The zero-order valence-corrected chi connectivity index (χ0v) is 22.6. The van der Waals surface area contributed by atoms with E-state index in [2.05, 4.69) is 46.2 Å². The van der Waals surface area contributed by atoms with Gasteiger partial charge in [0.15, 0.2) is 11.5 Å². The smallest absolute Gasteiger partial charge is 0.312 e. The fraction of sp³-hybridized carbons (Fsp3) is 0.400. The van der Waals surface area contributed by atoms with E-state index >= 15 is 0 Å². The number of nitrogens with zero attached hydrogens (tertiary/aromatic N) is 4. The second-order valence-electron chi connectivity index (χ2n) is 11.3. The molecule has 0 radical (unpaired) electrons. The number of likely N-dealkylation sites (tertiary alicyclic amines) is 1. The Morgan fingerprint density at radius 2 is 1.71 bits per heavy atom. The van der Waals surface area contributed by atoms with Gasteiger partial charge in [0.05, 0.1) is 5.92 Å². The van der Waals surface area contributed by atoms with Crippen LogP contribution in [0.4, 0.5) is 0 Å². The summed E-state index contributed by atoms with van der Waals surface area (Å²) in [6.45, 7) is 12.2. The van der Waals surface area contributed by atoms with E-state index in [-0.39, 0.29) is 11.9 Å². The van der Waals surface area contributed by atoms with E-state index in [0.717, 1.165) is 41.0 Å². The monoisotopic (exact) mass is 514 g/mol. The molecule has 198 valence electrons. The van der Waals surface area contributed by atoms with E-state index in [1.165, 1.54) is 0 Å². The molecule has 3 heterocycles. The number of esters is 1. The number of ether oxygens (including phenoxy) is 1. The summed E-state index contributed by atoms with van der Waals surface area (Å²) in [7, 11) is 0. The maximum absolute atomic E-state index is 12.2. The Hall–Kier alpha value is -3.78. The van der Waals surface area contributed by atoms with E-state index in [0.29, 0.717) is 36.4 Å². The van der Waals surface area contributed by atoms with E-state index in [9.17, 15) is 4.79 Å². The third-order valence-electron chi connectivity index (χ3n) is 6.38. The summed E-state index contributed by atoms with van der Waals surface area (Å²) in [6.07, 6.45) is 0.779. The maximum atomic E-state index is 12.2.